The van der Waals surface area contributed by atoms with Gasteiger partial charge in [0.05, 0.1) is 5.52 Å². The minimum absolute atomic E-state index is 0.474. The second-order valence-corrected chi connectivity index (χ2v) is 4.91. The van der Waals surface area contributed by atoms with Crippen LogP contribution in [0, 0.1) is 6.92 Å². The van der Waals surface area contributed by atoms with Crippen LogP contribution < -0.4 is 4.90 Å². The zero-order chi connectivity index (χ0) is 13.4. The lowest BCUT2D eigenvalue weighted by Crippen LogP contribution is -2.36. The van der Waals surface area contributed by atoms with Crippen LogP contribution in [0.1, 0.15) is 18.4 Å². The molecule has 1 N–H and O–H groups in total. The highest BCUT2D eigenvalue weighted by atomic mass is 16.4. The van der Waals surface area contributed by atoms with E-state index < -0.39 is 12.0 Å². The van der Waals surface area contributed by atoms with Gasteiger partial charge in [-0.2, -0.15) is 0 Å². The average Bonchev–Trinajstić information content (AvgIpc) is 2.87. The molecule has 1 aliphatic rings. The SMILES string of the molecule is Cc1ccc2ncnc(N3CCC[C@@H]3C(=O)O)c2c1. The third-order valence-electron chi connectivity index (χ3n) is 3.58. The molecule has 5 heteroatoms. The van der Waals surface area contributed by atoms with Gasteiger partial charge in [-0.05, 0) is 31.9 Å². The summed E-state index contributed by atoms with van der Waals surface area (Å²) in [5.41, 5.74) is 1.97. The van der Waals surface area contributed by atoms with Crippen LogP contribution in [0.25, 0.3) is 10.9 Å². The van der Waals surface area contributed by atoms with E-state index in [2.05, 4.69) is 9.97 Å². The van der Waals surface area contributed by atoms with E-state index in [9.17, 15) is 9.90 Å². The number of nitrogens with zero attached hydrogens (tertiary/aromatic N) is 3. The number of hydrogen-bond acceptors (Lipinski definition) is 4. The Kier molecular flexibility index (Phi) is 2.81. The molecule has 0 unspecified atom stereocenters. The van der Waals surface area contributed by atoms with Crippen molar-refractivity contribution in [3.05, 3.63) is 30.1 Å². The van der Waals surface area contributed by atoms with Crippen molar-refractivity contribution in [2.75, 3.05) is 11.4 Å². The van der Waals surface area contributed by atoms with Gasteiger partial charge in [-0.25, -0.2) is 14.8 Å². The molecule has 1 aliphatic heterocycles. The molecule has 1 atom stereocenters. The zero-order valence-electron chi connectivity index (χ0n) is 10.7. The Bertz CT molecular complexity index is 642. The molecule has 0 radical (unpaired) electrons. The van der Waals surface area contributed by atoms with Gasteiger partial charge in [0, 0.05) is 11.9 Å². The van der Waals surface area contributed by atoms with Gasteiger partial charge in [-0.15, -0.1) is 0 Å². The molecule has 1 fully saturated rings. The molecule has 19 heavy (non-hydrogen) atoms. The van der Waals surface area contributed by atoms with E-state index in [-0.39, 0.29) is 0 Å². The first-order chi connectivity index (χ1) is 9.16. The molecule has 5 nitrogen and oxygen atoms in total. The van der Waals surface area contributed by atoms with Gasteiger partial charge in [0.2, 0.25) is 0 Å². The van der Waals surface area contributed by atoms with Crippen molar-refractivity contribution < 1.29 is 9.90 Å². The van der Waals surface area contributed by atoms with Crippen molar-refractivity contribution in [3.63, 3.8) is 0 Å². The number of carboxylic acids is 1. The fourth-order valence-electron chi connectivity index (χ4n) is 2.66. The van der Waals surface area contributed by atoms with Crippen LogP contribution in [-0.4, -0.2) is 33.6 Å². The highest BCUT2D eigenvalue weighted by molar-refractivity contribution is 5.92. The summed E-state index contributed by atoms with van der Waals surface area (Å²) >= 11 is 0. The number of aryl methyl sites for hydroxylation is 1. The summed E-state index contributed by atoms with van der Waals surface area (Å²) in [5.74, 6) is -0.0458. The van der Waals surface area contributed by atoms with Gasteiger partial charge in [0.15, 0.2) is 0 Å². The summed E-state index contributed by atoms with van der Waals surface area (Å²) in [6.07, 6.45) is 3.06. The minimum Gasteiger partial charge on any atom is -0.480 e. The molecule has 2 heterocycles. The predicted octanol–water partition coefficient (Wildman–Crippen LogP) is 1.99. The topological polar surface area (TPSA) is 66.3 Å². The number of rotatable bonds is 2. The van der Waals surface area contributed by atoms with Crippen LogP contribution in [0.5, 0.6) is 0 Å². The molecule has 0 spiro atoms. The van der Waals surface area contributed by atoms with Gasteiger partial charge >= 0.3 is 5.97 Å². The molecule has 0 amide bonds. The maximum atomic E-state index is 11.3. The first-order valence-electron chi connectivity index (χ1n) is 6.37. The highest BCUT2D eigenvalue weighted by Crippen LogP contribution is 2.30. The molecule has 98 valence electrons. The number of hydrogen-bond donors (Lipinski definition) is 1. The van der Waals surface area contributed by atoms with Crippen molar-refractivity contribution in [3.8, 4) is 0 Å². The lowest BCUT2D eigenvalue weighted by molar-refractivity contribution is -0.138. The van der Waals surface area contributed by atoms with E-state index in [1.807, 2.05) is 30.0 Å². The molecule has 1 saturated heterocycles. The van der Waals surface area contributed by atoms with E-state index in [1.54, 1.807) is 0 Å². The Morgan fingerprint density at radius 3 is 3.05 bits per heavy atom. The second-order valence-electron chi connectivity index (χ2n) is 4.91. The zero-order valence-corrected chi connectivity index (χ0v) is 10.7. The van der Waals surface area contributed by atoms with Gasteiger partial charge in [-0.3, -0.25) is 0 Å². The van der Waals surface area contributed by atoms with Crippen molar-refractivity contribution >= 4 is 22.7 Å². The van der Waals surface area contributed by atoms with Crippen LogP contribution in [0.4, 0.5) is 5.82 Å². The molecular formula is C14H15N3O2. The largest absolute Gasteiger partial charge is 0.480 e. The molecule has 1 aromatic heterocycles. The smallest absolute Gasteiger partial charge is 0.326 e. The van der Waals surface area contributed by atoms with Crippen molar-refractivity contribution in [2.45, 2.75) is 25.8 Å². The van der Waals surface area contributed by atoms with Gasteiger partial charge < -0.3 is 10.0 Å². The Balaban J connectivity index is 2.14. The number of benzene rings is 1. The average molecular weight is 257 g/mol. The van der Waals surface area contributed by atoms with Crippen LogP contribution in [0.15, 0.2) is 24.5 Å². The van der Waals surface area contributed by atoms with Crippen LogP contribution in [0.3, 0.4) is 0 Å². The summed E-state index contributed by atoms with van der Waals surface area (Å²) in [6.45, 7) is 2.74. The summed E-state index contributed by atoms with van der Waals surface area (Å²) in [4.78, 5) is 21.7. The standard InChI is InChI=1S/C14H15N3O2/c1-9-4-5-11-10(7-9)13(16-8-15-11)17-6-2-3-12(17)14(18)19/h4-5,7-8,12H,2-3,6H2,1H3,(H,18,19)/t12-/m1/s1. The Morgan fingerprint density at radius 2 is 2.26 bits per heavy atom. The summed E-state index contributed by atoms with van der Waals surface area (Å²) in [6, 6.07) is 5.49. The van der Waals surface area contributed by atoms with E-state index in [4.69, 9.17) is 0 Å². The number of carboxylic acid groups (broad SMARTS) is 1. The monoisotopic (exact) mass is 257 g/mol. The Labute approximate surface area is 110 Å². The third-order valence-corrected chi connectivity index (χ3v) is 3.58. The lowest BCUT2D eigenvalue weighted by atomic mass is 10.1. The molecule has 0 saturated carbocycles. The van der Waals surface area contributed by atoms with E-state index in [1.165, 1.54) is 6.33 Å². The first kappa shape index (κ1) is 11.9. The Morgan fingerprint density at radius 1 is 1.42 bits per heavy atom. The molecule has 2 aromatic rings. The van der Waals surface area contributed by atoms with Gasteiger partial charge in [-0.1, -0.05) is 11.6 Å². The Hall–Kier alpha value is -2.17. The quantitative estimate of drug-likeness (QED) is 0.891. The van der Waals surface area contributed by atoms with E-state index >= 15 is 0 Å². The van der Waals surface area contributed by atoms with Crippen molar-refractivity contribution in [2.24, 2.45) is 0 Å². The van der Waals surface area contributed by atoms with Crippen LogP contribution in [-0.2, 0) is 4.79 Å². The fraction of sp³-hybridized carbons (Fsp3) is 0.357. The van der Waals surface area contributed by atoms with Crippen LogP contribution in [0.2, 0.25) is 0 Å². The van der Waals surface area contributed by atoms with Gasteiger partial charge in [0.25, 0.3) is 0 Å². The summed E-state index contributed by atoms with van der Waals surface area (Å²) < 4.78 is 0. The molecule has 3 rings (SSSR count). The number of carbonyl (C=O) groups is 1. The highest BCUT2D eigenvalue weighted by Gasteiger charge is 2.32. The lowest BCUT2D eigenvalue weighted by Gasteiger charge is -2.23. The van der Waals surface area contributed by atoms with Crippen molar-refractivity contribution in [1.82, 2.24) is 9.97 Å². The van der Waals surface area contributed by atoms with E-state index in [0.29, 0.717) is 6.42 Å². The number of aromatic nitrogens is 2. The van der Waals surface area contributed by atoms with Crippen LogP contribution >= 0.6 is 0 Å². The fourth-order valence-corrected chi connectivity index (χ4v) is 2.66. The van der Waals surface area contributed by atoms with E-state index in [0.717, 1.165) is 35.2 Å². The van der Waals surface area contributed by atoms with Crippen molar-refractivity contribution in [1.29, 1.82) is 0 Å². The number of fused-ring (bicyclic) bond motifs is 1. The summed E-state index contributed by atoms with van der Waals surface area (Å²) in [7, 11) is 0. The van der Waals surface area contributed by atoms with Gasteiger partial charge in [0.1, 0.15) is 18.2 Å². The molecule has 0 aliphatic carbocycles. The normalized spacial score (nSPS) is 19.0. The molecule has 0 bridgehead atoms. The third kappa shape index (κ3) is 2.01. The number of aliphatic carboxylic acids is 1. The maximum absolute atomic E-state index is 11.3. The molecule has 1 aromatic carbocycles. The minimum atomic E-state index is -0.781. The predicted molar refractivity (Wildman–Crippen MR) is 72.3 cm³/mol. The maximum Gasteiger partial charge on any atom is 0.326 e. The first-order valence-corrected chi connectivity index (χ1v) is 6.37. The molecular weight excluding hydrogens is 242 g/mol. The summed E-state index contributed by atoms with van der Waals surface area (Å²) in [5, 5.41) is 10.2. The second kappa shape index (κ2) is 4.50. The number of anilines is 1.